The number of hydrogen-bond donors (Lipinski definition) is 3. The molecule has 6 heteroatoms. The van der Waals surface area contributed by atoms with Gasteiger partial charge in [-0.3, -0.25) is 4.79 Å². The molecule has 0 saturated carbocycles. The van der Waals surface area contributed by atoms with Crippen LogP contribution in [0.25, 0.3) is 0 Å². The lowest BCUT2D eigenvalue weighted by Gasteiger charge is -2.19. The van der Waals surface area contributed by atoms with Crippen molar-refractivity contribution in [1.82, 2.24) is 10.6 Å². The molecule has 6 nitrogen and oxygen atoms in total. The van der Waals surface area contributed by atoms with Crippen LogP contribution in [0.5, 0.6) is 5.75 Å². The third-order valence-electron chi connectivity index (χ3n) is 3.21. The Kier molecular flexibility index (Phi) is 7.38. The highest BCUT2D eigenvalue weighted by Gasteiger charge is 2.13. The number of amides is 2. The third-order valence-corrected chi connectivity index (χ3v) is 3.21. The van der Waals surface area contributed by atoms with Gasteiger partial charge in [-0.25, -0.2) is 4.79 Å². The van der Waals surface area contributed by atoms with Gasteiger partial charge in [-0.15, -0.1) is 0 Å². The van der Waals surface area contributed by atoms with Crippen LogP contribution in [0.15, 0.2) is 24.3 Å². The number of benzene rings is 1. The molecule has 23 heavy (non-hydrogen) atoms. The van der Waals surface area contributed by atoms with Crippen molar-refractivity contribution in [2.24, 2.45) is 0 Å². The summed E-state index contributed by atoms with van der Waals surface area (Å²) in [4.78, 5) is 21.8. The van der Waals surface area contributed by atoms with Gasteiger partial charge in [-0.1, -0.05) is 32.9 Å². The molecule has 0 aromatic heterocycles. The predicted molar refractivity (Wildman–Crippen MR) is 88.9 cm³/mol. The van der Waals surface area contributed by atoms with E-state index in [0.717, 1.165) is 5.75 Å². The maximum absolute atomic E-state index is 11.5. The summed E-state index contributed by atoms with van der Waals surface area (Å²) in [5.41, 5.74) is 1.26. The first-order valence-corrected chi connectivity index (χ1v) is 7.76. The van der Waals surface area contributed by atoms with Gasteiger partial charge in [-0.2, -0.15) is 0 Å². The van der Waals surface area contributed by atoms with Crippen LogP contribution in [-0.4, -0.2) is 36.8 Å². The Labute approximate surface area is 137 Å². The molecule has 0 unspecified atom stereocenters. The van der Waals surface area contributed by atoms with Crippen LogP contribution in [0.3, 0.4) is 0 Å². The van der Waals surface area contributed by atoms with Crippen LogP contribution in [0, 0.1) is 0 Å². The third kappa shape index (κ3) is 8.09. The zero-order valence-electron chi connectivity index (χ0n) is 14.0. The van der Waals surface area contributed by atoms with Crippen LogP contribution in [0.1, 0.15) is 39.2 Å². The monoisotopic (exact) mass is 322 g/mol. The van der Waals surface area contributed by atoms with Crippen molar-refractivity contribution in [3.8, 4) is 5.75 Å². The van der Waals surface area contributed by atoms with Crippen molar-refractivity contribution in [1.29, 1.82) is 0 Å². The highest BCUT2D eigenvalue weighted by Crippen LogP contribution is 2.25. The zero-order valence-corrected chi connectivity index (χ0v) is 14.0. The van der Waals surface area contributed by atoms with Gasteiger partial charge in [0.05, 0.1) is 6.54 Å². The Bertz CT molecular complexity index is 524. The Morgan fingerprint density at radius 2 is 1.87 bits per heavy atom. The van der Waals surface area contributed by atoms with E-state index in [2.05, 4.69) is 37.5 Å². The van der Waals surface area contributed by atoms with E-state index in [4.69, 9.17) is 9.84 Å². The first-order valence-electron chi connectivity index (χ1n) is 7.76. The molecule has 0 saturated heterocycles. The van der Waals surface area contributed by atoms with E-state index in [0.29, 0.717) is 26.1 Å². The summed E-state index contributed by atoms with van der Waals surface area (Å²) >= 11 is 0. The number of aliphatic carboxylic acids is 1. The van der Waals surface area contributed by atoms with E-state index in [9.17, 15) is 9.59 Å². The van der Waals surface area contributed by atoms with Crippen molar-refractivity contribution < 1.29 is 19.4 Å². The average molecular weight is 322 g/mol. The molecule has 0 atom stereocenters. The summed E-state index contributed by atoms with van der Waals surface area (Å²) < 4.78 is 5.63. The van der Waals surface area contributed by atoms with Gasteiger partial charge in [0, 0.05) is 13.0 Å². The second-order valence-electron chi connectivity index (χ2n) is 6.31. The molecule has 0 heterocycles. The largest absolute Gasteiger partial charge is 0.492 e. The number of hydrogen-bond acceptors (Lipinski definition) is 3. The summed E-state index contributed by atoms with van der Waals surface area (Å²) in [5.74, 6) is -0.0841. The van der Waals surface area contributed by atoms with E-state index < -0.39 is 5.97 Å². The molecule has 0 bridgehead atoms. The fourth-order valence-electron chi connectivity index (χ4n) is 1.89. The molecule has 1 rings (SSSR count). The predicted octanol–water partition coefficient (Wildman–Crippen LogP) is 2.53. The van der Waals surface area contributed by atoms with Crippen molar-refractivity contribution >= 4 is 12.0 Å². The first kappa shape index (κ1) is 18.8. The van der Waals surface area contributed by atoms with Crippen LogP contribution in [0.4, 0.5) is 4.79 Å². The van der Waals surface area contributed by atoms with Gasteiger partial charge < -0.3 is 20.5 Å². The van der Waals surface area contributed by atoms with Gasteiger partial charge in [0.1, 0.15) is 12.4 Å². The highest BCUT2D eigenvalue weighted by atomic mass is 16.5. The van der Waals surface area contributed by atoms with Crippen LogP contribution in [0.2, 0.25) is 0 Å². The van der Waals surface area contributed by atoms with E-state index in [1.807, 2.05) is 18.2 Å². The Hall–Kier alpha value is -2.24. The number of carboxylic acid groups (broad SMARTS) is 1. The molecule has 128 valence electrons. The van der Waals surface area contributed by atoms with E-state index in [1.165, 1.54) is 5.56 Å². The van der Waals surface area contributed by atoms with E-state index in [1.54, 1.807) is 0 Å². The van der Waals surface area contributed by atoms with Crippen LogP contribution >= 0.6 is 0 Å². The summed E-state index contributed by atoms with van der Waals surface area (Å²) in [6.07, 6.45) is 0.465. The maximum atomic E-state index is 11.5. The molecule has 0 aliphatic carbocycles. The molecule has 3 N–H and O–H groups in total. The van der Waals surface area contributed by atoms with Crippen molar-refractivity contribution in [3.63, 3.8) is 0 Å². The zero-order chi connectivity index (χ0) is 17.3. The lowest BCUT2D eigenvalue weighted by Crippen LogP contribution is -2.38. The molecular formula is C17H26N2O4. The normalized spacial score (nSPS) is 10.9. The SMILES string of the molecule is CC(C)(C)c1cccc(OCCNC(=O)NCCCC(=O)O)c1. The average Bonchev–Trinajstić information content (AvgIpc) is 2.47. The number of carboxylic acids is 1. The summed E-state index contributed by atoms with van der Waals surface area (Å²) in [6, 6.07) is 7.60. The molecule has 0 fully saturated rings. The number of carbonyl (C=O) groups is 2. The summed E-state index contributed by atoms with van der Waals surface area (Å²) in [7, 11) is 0. The Morgan fingerprint density at radius 1 is 1.17 bits per heavy atom. The quantitative estimate of drug-likeness (QED) is 0.642. The lowest BCUT2D eigenvalue weighted by molar-refractivity contribution is -0.137. The minimum atomic E-state index is -0.863. The van der Waals surface area contributed by atoms with Crippen molar-refractivity contribution in [2.45, 2.75) is 39.0 Å². The number of carbonyl (C=O) groups excluding carboxylic acids is 1. The Morgan fingerprint density at radius 3 is 2.52 bits per heavy atom. The molecule has 0 aliphatic heterocycles. The molecule has 0 radical (unpaired) electrons. The van der Waals surface area contributed by atoms with Crippen molar-refractivity contribution in [2.75, 3.05) is 19.7 Å². The van der Waals surface area contributed by atoms with Gasteiger partial charge in [0.15, 0.2) is 0 Å². The number of nitrogens with one attached hydrogen (secondary N) is 2. The van der Waals surface area contributed by atoms with E-state index >= 15 is 0 Å². The molecule has 0 spiro atoms. The molecule has 1 aromatic carbocycles. The summed E-state index contributed by atoms with van der Waals surface area (Å²) in [6.45, 7) is 7.51. The van der Waals surface area contributed by atoms with Gasteiger partial charge in [0.2, 0.25) is 0 Å². The van der Waals surface area contributed by atoms with Gasteiger partial charge in [0.25, 0.3) is 0 Å². The van der Waals surface area contributed by atoms with Gasteiger partial charge >= 0.3 is 12.0 Å². The molecule has 1 aromatic rings. The lowest BCUT2D eigenvalue weighted by atomic mass is 9.87. The second kappa shape index (κ2) is 9.02. The van der Waals surface area contributed by atoms with Crippen molar-refractivity contribution in [3.05, 3.63) is 29.8 Å². The second-order valence-corrected chi connectivity index (χ2v) is 6.31. The van der Waals surface area contributed by atoms with Gasteiger partial charge in [-0.05, 0) is 29.5 Å². The first-order chi connectivity index (χ1) is 10.8. The smallest absolute Gasteiger partial charge is 0.314 e. The number of urea groups is 1. The van der Waals surface area contributed by atoms with E-state index in [-0.39, 0.29) is 17.9 Å². The molecule has 2 amide bonds. The number of ether oxygens (including phenoxy) is 1. The standard InChI is InChI=1S/C17H26N2O4/c1-17(2,3)13-6-4-7-14(12-13)23-11-10-19-16(22)18-9-5-8-15(20)21/h4,6-7,12H,5,8-11H2,1-3H3,(H,20,21)(H2,18,19,22). The highest BCUT2D eigenvalue weighted by molar-refractivity contribution is 5.73. The minimum Gasteiger partial charge on any atom is -0.492 e. The summed E-state index contributed by atoms with van der Waals surface area (Å²) in [5, 5.41) is 13.7. The Balaban J connectivity index is 2.22. The number of rotatable bonds is 8. The molecule has 0 aliphatic rings. The molecular weight excluding hydrogens is 296 g/mol. The van der Waals surface area contributed by atoms with Crippen LogP contribution < -0.4 is 15.4 Å². The van der Waals surface area contributed by atoms with Crippen LogP contribution in [-0.2, 0) is 10.2 Å². The topological polar surface area (TPSA) is 87.7 Å². The fraction of sp³-hybridized carbons (Fsp3) is 0.529. The minimum absolute atomic E-state index is 0.0491. The maximum Gasteiger partial charge on any atom is 0.314 e. The fourth-order valence-corrected chi connectivity index (χ4v) is 1.89.